The van der Waals surface area contributed by atoms with Gasteiger partial charge in [0.05, 0.1) is 6.54 Å². The summed E-state index contributed by atoms with van der Waals surface area (Å²) in [6.07, 6.45) is 1.90. The predicted molar refractivity (Wildman–Crippen MR) is 92.2 cm³/mol. The van der Waals surface area contributed by atoms with Crippen LogP contribution in [0.3, 0.4) is 0 Å². The molecule has 0 atom stereocenters. The molecule has 21 heavy (non-hydrogen) atoms. The van der Waals surface area contributed by atoms with Gasteiger partial charge in [0.2, 0.25) is 0 Å². The number of nitrogens with zero attached hydrogens (tertiary/aromatic N) is 2. The van der Waals surface area contributed by atoms with E-state index in [4.69, 9.17) is 0 Å². The van der Waals surface area contributed by atoms with Crippen molar-refractivity contribution in [2.24, 2.45) is 4.99 Å². The van der Waals surface area contributed by atoms with Gasteiger partial charge in [-0.1, -0.05) is 18.2 Å². The molecule has 0 aliphatic rings. The van der Waals surface area contributed by atoms with E-state index in [2.05, 4.69) is 51.8 Å². The second-order valence-corrected chi connectivity index (χ2v) is 6.87. The first kappa shape index (κ1) is 15.9. The lowest BCUT2D eigenvalue weighted by Crippen LogP contribution is -2.37. The Balaban J connectivity index is 1.66. The largest absolute Gasteiger partial charge is 0.356 e. The number of hydrogen-bond acceptors (Lipinski definition) is 4. The highest BCUT2D eigenvalue weighted by Gasteiger charge is 2.01. The number of aryl methyl sites for hydroxylation is 1. The summed E-state index contributed by atoms with van der Waals surface area (Å²) in [4.78, 5) is 11.1. The van der Waals surface area contributed by atoms with Crippen LogP contribution in [0, 0.1) is 6.92 Å². The number of thiazole rings is 1. The van der Waals surface area contributed by atoms with E-state index in [1.807, 2.05) is 24.0 Å². The molecule has 0 unspecified atom stereocenters. The summed E-state index contributed by atoms with van der Waals surface area (Å²) >= 11 is 3.54. The fourth-order valence-corrected chi connectivity index (χ4v) is 3.23. The predicted octanol–water partition coefficient (Wildman–Crippen LogP) is 2.91. The molecule has 0 saturated heterocycles. The van der Waals surface area contributed by atoms with Crippen LogP contribution in [0.4, 0.5) is 0 Å². The van der Waals surface area contributed by atoms with Gasteiger partial charge in [0, 0.05) is 35.3 Å². The second-order valence-electron chi connectivity index (χ2n) is 4.38. The van der Waals surface area contributed by atoms with Crippen LogP contribution >= 0.6 is 23.1 Å². The third-order valence-corrected chi connectivity index (χ3v) is 4.63. The number of hydrogen-bond donors (Lipinski definition) is 2. The fourth-order valence-electron chi connectivity index (χ4n) is 1.72. The topological polar surface area (TPSA) is 49.3 Å². The molecule has 2 rings (SSSR count). The van der Waals surface area contributed by atoms with Crippen molar-refractivity contribution in [1.82, 2.24) is 15.6 Å². The molecule has 0 aliphatic heterocycles. The Morgan fingerprint density at radius 2 is 2.10 bits per heavy atom. The number of benzene rings is 1. The van der Waals surface area contributed by atoms with E-state index in [1.165, 1.54) is 9.77 Å². The number of aromatic nitrogens is 1. The minimum atomic E-state index is 0.712. The number of aliphatic imine (C=N–C) groups is 1. The molecule has 1 aromatic heterocycles. The summed E-state index contributed by atoms with van der Waals surface area (Å²) in [7, 11) is 1.78. The Morgan fingerprint density at radius 3 is 2.76 bits per heavy atom. The minimum absolute atomic E-state index is 0.712. The maximum atomic E-state index is 4.33. The van der Waals surface area contributed by atoms with Crippen LogP contribution in [0.5, 0.6) is 0 Å². The maximum absolute atomic E-state index is 4.33. The summed E-state index contributed by atoms with van der Waals surface area (Å²) in [5.74, 6) is 1.82. The van der Waals surface area contributed by atoms with E-state index in [1.54, 1.807) is 18.4 Å². The molecule has 6 heteroatoms. The number of nitrogens with one attached hydrogen (secondary N) is 2. The molecule has 0 bridgehead atoms. The van der Waals surface area contributed by atoms with Crippen molar-refractivity contribution in [3.05, 3.63) is 46.4 Å². The van der Waals surface area contributed by atoms with Crippen molar-refractivity contribution < 1.29 is 0 Å². The van der Waals surface area contributed by atoms with Crippen molar-refractivity contribution in [3.8, 4) is 0 Å². The van der Waals surface area contributed by atoms with E-state index in [0.29, 0.717) is 6.54 Å². The summed E-state index contributed by atoms with van der Waals surface area (Å²) in [5, 5.41) is 7.66. The molecule has 0 aliphatic carbocycles. The third-order valence-electron chi connectivity index (χ3n) is 2.71. The van der Waals surface area contributed by atoms with Crippen LogP contribution in [0.15, 0.2) is 46.4 Å². The SMILES string of the molecule is CN=C(NCCSc1ccccc1)NCc1ncc(C)s1. The van der Waals surface area contributed by atoms with Crippen LogP contribution < -0.4 is 10.6 Å². The van der Waals surface area contributed by atoms with Crippen LogP contribution in [0.1, 0.15) is 9.88 Å². The van der Waals surface area contributed by atoms with Crippen LogP contribution in [-0.4, -0.2) is 30.3 Å². The quantitative estimate of drug-likeness (QED) is 0.372. The standard InChI is InChI=1S/C15H20N4S2/c1-12-10-18-14(21-12)11-19-15(16-2)17-8-9-20-13-6-4-3-5-7-13/h3-7,10H,8-9,11H2,1-2H3,(H2,16,17,19). The van der Waals surface area contributed by atoms with Gasteiger partial charge in [0.15, 0.2) is 5.96 Å². The van der Waals surface area contributed by atoms with E-state index in [9.17, 15) is 0 Å². The Bertz CT molecular complexity index is 566. The van der Waals surface area contributed by atoms with Crippen molar-refractivity contribution in [3.63, 3.8) is 0 Å². The Kier molecular flexibility index (Phi) is 6.56. The van der Waals surface area contributed by atoms with E-state index >= 15 is 0 Å². The zero-order chi connectivity index (χ0) is 14.9. The monoisotopic (exact) mass is 320 g/mol. The summed E-state index contributed by atoms with van der Waals surface area (Å²) in [5.41, 5.74) is 0. The van der Waals surface area contributed by atoms with Crippen LogP contribution in [-0.2, 0) is 6.54 Å². The summed E-state index contributed by atoms with van der Waals surface area (Å²) < 4.78 is 0. The van der Waals surface area contributed by atoms with E-state index < -0.39 is 0 Å². The molecule has 2 aromatic rings. The highest BCUT2D eigenvalue weighted by atomic mass is 32.2. The average Bonchev–Trinajstić information content (AvgIpc) is 2.93. The molecule has 0 amide bonds. The molecule has 0 fully saturated rings. The third kappa shape index (κ3) is 5.77. The lowest BCUT2D eigenvalue weighted by Gasteiger charge is -2.10. The molecule has 4 nitrogen and oxygen atoms in total. The number of rotatable bonds is 6. The molecule has 2 N–H and O–H groups in total. The van der Waals surface area contributed by atoms with Crippen molar-refractivity contribution >= 4 is 29.1 Å². The van der Waals surface area contributed by atoms with Gasteiger partial charge in [0.25, 0.3) is 0 Å². The molecule has 1 aromatic carbocycles. The lowest BCUT2D eigenvalue weighted by atomic mass is 10.4. The zero-order valence-electron chi connectivity index (χ0n) is 12.3. The first-order valence-electron chi connectivity index (χ1n) is 6.81. The molecular weight excluding hydrogens is 300 g/mol. The Morgan fingerprint density at radius 1 is 1.29 bits per heavy atom. The molecule has 1 heterocycles. The molecule has 0 spiro atoms. The van der Waals surface area contributed by atoms with E-state index in [-0.39, 0.29) is 0 Å². The molecule has 112 valence electrons. The Labute approximate surface area is 134 Å². The maximum Gasteiger partial charge on any atom is 0.191 e. The van der Waals surface area contributed by atoms with Crippen LogP contribution in [0.2, 0.25) is 0 Å². The average molecular weight is 320 g/mol. The first-order chi connectivity index (χ1) is 10.3. The van der Waals surface area contributed by atoms with E-state index in [0.717, 1.165) is 23.3 Å². The van der Waals surface area contributed by atoms with Gasteiger partial charge in [-0.15, -0.1) is 23.1 Å². The zero-order valence-corrected chi connectivity index (χ0v) is 13.9. The highest BCUT2D eigenvalue weighted by molar-refractivity contribution is 7.99. The highest BCUT2D eigenvalue weighted by Crippen LogP contribution is 2.15. The van der Waals surface area contributed by atoms with Crippen molar-refractivity contribution in [1.29, 1.82) is 0 Å². The van der Waals surface area contributed by atoms with Gasteiger partial charge >= 0.3 is 0 Å². The normalized spacial score (nSPS) is 11.4. The smallest absolute Gasteiger partial charge is 0.191 e. The van der Waals surface area contributed by atoms with Crippen molar-refractivity contribution in [2.45, 2.75) is 18.4 Å². The van der Waals surface area contributed by atoms with Gasteiger partial charge < -0.3 is 10.6 Å². The molecular formula is C15H20N4S2. The first-order valence-corrected chi connectivity index (χ1v) is 8.62. The lowest BCUT2D eigenvalue weighted by molar-refractivity contribution is 0.827. The number of guanidine groups is 1. The van der Waals surface area contributed by atoms with Crippen LogP contribution in [0.25, 0.3) is 0 Å². The number of thioether (sulfide) groups is 1. The van der Waals surface area contributed by atoms with Gasteiger partial charge in [-0.3, -0.25) is 4.99 Å². The van der Waals surface area contributed by atoms with Gasteiger partial charge in [-0.05, 0) is 19.1 Å². The van der Waals surface area contributed by atoms with Crippen molar-refractivity contribution in [2.75, 3.05) is 19.3 Å². The summed E-state index contributed by atoms with van der Waals surface area (Å²) in [6, 6.07) is 10.4. The summed E-state index contributed by atoms with van der Waals surface area (Å²) in [6.45, 7) is 3.65. The fraction of sp³-hybridized carbons (Fsp3) is 0.333. The molecule has 0 radical (unpaired) electrons. The second kappa shape index (κ2) is 8.69. The van der Waals surface area contributed by atoms with Gasteiger partial charge in [0.1, 0.15) is 5.01 Å². The van der Waals surface area contributed by atoms with Gasteiger partial charge in [-0.2, -0.15) is 0 Å². The Hall–Kier alpha value is -1.53. The molecule has 0 saturated carbocycles. The van der Waals surface area contributed by atoms with Gasteiger partial charge in [-0.25, -0.2) is 4.98 Å². The minimum Gasteiger partial charge on any atom is -0.356 e.